The number of rotatable bonds is 5. The average molecular weight is 355 g/mol. The molecule has 7 heteroatoms. The van der Waals surface area contributed by atoms with Crippen LogP contribution in [0.15, 0.2) is 58.2 Å². The Kier molecular flexibility index (Phi) is 5.35. The summed E-state index contributed by atoms with van der Waals surface area (Å²) in [5.41, 5.74) is 8.24. The van der Waals surface area contributed by atoms with E-state index in [-0.39, 0.29) is 24.0 Å². The van der Waals surface area contributed by atoms with Crippen molar-refractivity contribution in [2.75, 3.05) is 5.75 Å². The van der Waals surface area contributed by atoms with Crippen LogP contribution in [0.25, 0.3) is 11.1 Å². The first-order valence-electron chi connectivity index (χ1n) is 7.72. The molecule has 1 aromatic heterocycles. The van der Waals surface area contributed by atoms with E-state index in [0.29, 0.717) is 10.8 Å². The molecule has 0 atom stereocenters. The van der Waals surface area contributed by atoms with E-state index in [1.807, 2.05) is 55.5 Å². The Morgan fingerprint density at radius 2 is 1.76 bits per heavy atom. The Hall–Kier alpha value is -2.80. The number of carbonyl (C=O) groups is 2. The molecule has 0 fully saturated rings. The summed E-state index contributed by atoms with van der Waals surface area (Å²) in [6.07, 6.45) is 0.207. The van der Waals surface area contributed by atoms with Gasteiger partial charge in [-0.1, -0.05) is 53.7 Å². The van der Waals surface area contributed by atoms with Gasteiger partial charge in [-0.25, -0.2) is 4.98 Å². The van der Waals surface area contributed by atoms with Gasteiger partial charge in [0.25, 0.3) is 5.22 Å². The first kappa shape index (κ1) is 17.0. The third-order valence-electron chi connectivity index (χ3n) is 3.43. The summed E-state index contributed by atoms with van der Waals surface area (Å²) in [5, 5.41) is 0.419. The normalized spacial score (nSPS) is 10.6. The second-order valence-corrected chi connectivity index (χ2v) is 6.42. The predicted molar refractivity (Wildman–Crippen MR) is 95.9 cm³/mol. The second-order valence-electron chi connectivity index (χ2n) is 5.49. The quantitative estimate of drug-likeness (QED) is 0.543. The highest BCUT2D eigenvalue weighted by Gasteiger charge is 2.10. The number of nitrogens with zero attached hydrogens (tertiary/aromatic N) is 1. The van der Waals surface area contributed by atoms with E-state index in [9.17, 15) is 9.59 Å². The highest BCUT2D eigenvalue weighted by atomic mass is 32.2. The SMILES string of the molecule is Cc1ccc(CC(=O)NNC(=O)CSc2nc3ccccc3o2)cc1. The van der Waals surface area contributed by atoms with Crippen LogP contribution in [0.5, 0.6) is 0 Å². The predicted octanol–water partition coefficient (Wildman–Crippen LogP) is 2.62. The Bertz CT molecular complexity index is 857. The maximum atomic E-state index is 11.8. The molecule has 3 rings (SSSR count). The molecule has 0 saturated carbocycles. The van der Waals surface area contributed by atoms with Crippen LogP contribution in [0.4, 0.5) is 0 Å². The van der Waals surface area contributed by atoms with E-state index >= 15 is 0 Å². The summed E-state index contributed by atoms with van der Waals surface area (Å²) in [4.78, 5) is 27.9. The number of para-hydroxylation sites is 2. The fraction of sp³-hybridized carbons (Fsp3) is 0.167. The lowest BCUT2D eigenvalue weighted by molar-refractivity contribution is -0.127. The Labute approximate surface area is 149 Å². The van der Waals surface area contributed by atoms with E-state index in [2.05, 4.69) is 15.8 Å². The molecular weight excluding hydrogens is 338 g/mol. The number of benzene rings is 2. The molecule has 0 aliphatic carbocycles. The molecule has 0 spiro atoms. The third-order valence-corrected chi connectivity index (χ3v) is 4.26. The minimum absolute atomic E-state index is 0.0949. The highest BCUT2D eigenvalue weighted by molar-refractivity contribution is 7.99. The van der Waals surface area contributed by atoms with Gasteiger partial charge in [0.05, 0.1) is 12.2 Å². The molecule has 0 unspecified atom stereocenters. The summed E-state index contributed by atoms with van der Waals surface area (Å²) >= 11 is 1.17. The van der Waals surface area contributed by atoms with Crippen molar-refractivity contribution >= 4 is 34.7 Å². The molecule has 0 aliphatic rings. The fourth-order valence-corrected chi connectivity index (χ4v) is 2.79. The number of amides is 2. The van der Waals surface area contributed by atoms with E-state index in [1.165, 1.54) is 11.8 Å². The first-order chi connectivity index (χ1) is 12.1. The topological polar surface area (TPSA) is 84.2 Å². The minimum atomic E-state index is -0.329. The van der Waals surface area contributed by atoms with Crippen LogP contribution in [-0.4, -0.2) is 22.6 Å². The fourth-order valence-electron chi connectivity index (χ4n) is 2.15. The molecule has 25 heavy (non-hydrogen) atoms. The minimum Gasteiger partial charge on any atom is -0.431 e. The average Bonchev–Trinajstić information content (AvgIpc) is 3.03. The summed E-state index contributed by atoms with van der Waals surface area (Å²) in [6, 6.07) is 15.1. The van der Waals surface area contributed by atoms with Gasteiger partial charge in [0.1, 0.15) is 5.52 Å². The van der Waals surface area contributed by atoms with Crippen LogP contribution in [0.3, 0.4) is 0 Å². The second kappa shape index (κ2) is 7.85. The number of thioether (sulfide) groups is 1. The van der Waals surface area contributed by atoms with Gasteiger partial charge in [0, 0.05) is 0 Å². The molecule has 2 aromatic carbocycles. The number of aryl methyl sites for hydroxylation is 1. The summed E-state index contributed by atoms with van der Waals surface area (Å²) in [5.74, 6) is -0.508. The smallest absolute Gasteiger partial charge is 0.257 e. The molecule has 1 heterocycles. The van der Waals surface area contributed by atoms with Gasteiger partial charge in [0.15, 0.2) is 5.58 Å². The van der Waals surface area contributed by atoms with Gasteiger partial charge in [-0.2, -0.15) is 0 Å². The van der Waals surface area contributed by atoms with Crippen molar-refractivity contribution in [1.82, 2.24) is 15.8 Å². The number of hydrazine groups is 1. The molecule has 2 amide bonds. The maximum Gasteiger partial charge on any atom is 0.257 e. The third kappa shape index (κ3) is 4.84. The van der Waals surface area contributed by atoms with Crippen LogP contribution >= 0.6 is 11.8 Å². The number of hydrogen-bond acceptors (Lipinski definition) is 5. The summed E-state index contributed by atoms with van der Waals surface area (Å²) in [6.45, 7) is 1.98. The Morgan fingerprint density at radius 3 is 2.52 bits per heavy atom. The summed E-state index contributed by atoms with van der Waals surface area (Å²) in [7, 11) is 0. The number of hydrogen-bond donors (Lipinski definition) is 2. The molecule has 0 aliphatic heterocycles. The summed E-state index contributed by atoms with van der Waals surface area (Å²) < 4.78 is 5.52. The van der Waals surface area contributed by atoms with Gasteiger partial charge in [-0.3, -0.25) is 20.4 Å². The van der Waals surface area contributed by atoms with E-state index < -0.39 is 0 Å². The van der Waals surface area contributed by atoms with E-state index in [4.69, 9.17) is 4.42 Å². The van der Waals surface area contributed by atoms with Gasteiger partial charge in [-0.15, -0.1) is 0 Å². The zero-order chi connectivity index (χ0) is 17.6. The molecule has 3 aromatic rings. The molecule has 128 valence electrons. The van der Waals surface area contributed by atoms with Crippen LogP contribution in [0, 0.1) is 6.92 Å². The number of fused-ring (bicyclic) bond motifs is 1. The lowest BCUT2D eigenvalue weighted by Gasteiger charge is -2.07. The van der Waals surface area contributed by atoms with Gasteiger partial charge in [-0.05, 0) is 24.6 Å². The van der Waals surface area contributed by atoms with Gasteiger partial charge in [0.2, 0.25) is 11.8 Å². The molecule has 6 nitrogen and oxygen atoms in total. The van der Waals surface area contributed by atoms with Crippen molar-refractivity contribution < 1.29 is 14.0 Å². The lowest BCUT2D eigenvalue weighted by atomic mass is 10.1. The molecule has 2 N–H and O–H groups in total. The van der Waals surface area contributed by atoms with Crippen molar-refractivity contribution in [3.8, 4) is 0 Å². The molecule has 0 radical (unpaired) electrons. The first-order valence-corrected chi connectivity index (χ1v) is 8.70. The Balaban J connectivity index is 1.43. The zero-order valence-corrected chi connectivity index (χ0v) is 14.4. The van der Waals surface area contributed by atoms with E-state index in [0.717, 1.165) is 16.6 Å². The zero-order valence-electron chi connectivity index (χ0n) is 13.6. The van der Waals surface area contributed by atoms with Crippen molar-refractivity contribution in [1.29, 1.82) is 0 Å². The molecule has 0 saturated heterocycles. The van der Waals surface area contributed by atoms with Gasteiger partial charge >= 0.3 is 0 Å². The number of carbonyl (C=O) groups excluding carboxylic acids is 2. The van der Waals surface area contributed by atoms with Crippen LogP contribution in [0.2, 0.25) is 0 Å². The van der Waals surface area contributed by atoms with Crippen LogP contribution in [-0.2, 0) is 16.0 Å². The standard InChI is InChI=1S/C18H17N3O3S/c1-12-6-8-13(9-7-12)10-16(22)20-21-17(23)11-25-18-19-14-4-2-3-5-15(14)24-18/h2-9H,10-11H2,1H3,(H,20,22)(H,21,23). The molecule has 0 bridgehead atoms. The highest BCUT2D eigenvalue weighted by Crippen LogP contribution is 2.22. The number of nitrogens with one attached hydrogen (secondary N) is 2. The van der Waals surface area contributed by atoms with Gasteiger partial charge < -0.3 is 4.42 Å². The van der Waals surface area contributed by atoms with Crippen molar-refractivity contribution in [3.05, 3.63) is 59.7 Å². The monoisotopic (exact) mass is 355 g/mol. The maximum absolute atomic E-state index is 11.8. The van der Waals surface area contributed by atoms with E-state index in [1.54, 1.807) is 0 Å². The largest absolute Gasteiger partial charge is 0.431 e. The van der Waals surface area contributed by atoms with Crippen molar-refractivity contribution in [2.24, 2.45) is 0 Å². The molecular formula is C18H17N3O3S. The number of oxazole rings is 1. The Morgan fingerprint density at radius 1 is 1.04 bits per heavy atom. The van der Waals surface area contributed by atoms with Crippen molar-refractivity contribution in [3.63, 3.8) is 0 Å². The van der Waals surface area contributed by atoms with Crippen molar-refractivity contribution in [2.45, 2.75) is 18.6 Å². The van der Waals surface area contributed by atoms with Crippen LogP contribution < -0.4 is 10.9 Å². The lowest BCUT2D eigenvalue weighted by Crippen LogP contribution is -2.43. The van der Waals surface area contributed by atoms with Crippen LogP contribution in [0.1, 0.15) is 11.1 Å². The number of aromatic nitrogens is 1.